The minimum atomic E-state index is -0.332. The summed E-state index contributed by atoms with van der Waals surface area (Å²) in [7, 11) is 0. The topological polar surface area (TPSA) is 38.8 Å². The van der Waals surface area contributed by atoms with E-state index in [1.165, 1.54) is 11.1 Å². The van der Waals surface area contributed by atoms with Crippen molar-refractivity contribution in [2.45, 2.75) is 38.8 Å². The molecule has 138 valence electrons. The minimum Gasteiger partial charge on any atom is -0.484 e. The van der Waals surface area contributed by atoms with Gasteiger partial charge in [-0.25, -0.2) is 0 Å². The summed E-state index contributed by atoms with van der Waals surface area (Å²) in [6.07, 6.45) is 0.813. The summed E-state index contributed by atoms with van der Waals surface area (Å²) >= 11 is 0. The number of amides is 1. The van der Waals surface area contributed by atoms with E-state index in [1.807, 2.05) is 68.1 Å². The molecule has 0 aromatic heterocycles. The molecule has 1 atom stereocenters. The highest BCUT2D eigenvalue weighted by atomic mass is 16.5. The van der Waals surface area contributed by atoms with Crippen LogP contribution in [0.15, 0.2) is 54.6 Å². The molecule has 2 aromatic carbocycles. The number of aryl methyl sites for hydroxylation is 1. The zero-order chi connectivity index (χ0) is 18.6. The maximum atomic E-state index is 12.8. The van der Waals surface area contributed by atoms with Crippen LogP contribution in [0.1, 0.15) is 25.0 Å². The quantitative estimate of drug-likeness (QED) is 0.824. The third kappa shape index (κ3) is 4.64. The van der Waals surface area contributed by atoms with Gasteiger partial charge in [0.05, 0.1) is 18.2 Å². The van der Waals surface area contributed by atoms with Gasteiger partial charge in [0.1, 0.15) is 5.75 Å². The van der Waals surface area contributed by atoms with E-state index in [-0.39, 0.29) is 24.2 Å². The first kappa shape index (κ1) is 18.5. The number of carbonyl (C=O) groups is 1. The Morgan fingerprint density at radius 1 is 1.15 bits per heavy atom. The van der Waals surface area contributed by atoms with Crippen LogP contribution in [0.2, 0.25) is 0 Å². The molecule has 1 fully saturated rings. The van der Waals surface area contributed by atoms with Crippen molar-refractivity contribution in [3.05, 3.63) is 65.7 Å². The number of hydrogen-bond acceptors (Lipinski definition) is 3. The van der Waals surface area contributed by atoms with E-state index in [9.17, 15) is 4.79 Å². The molecule has 1 amide bonds. The van der Waals surface area contributed by atoms with Crippen LogP contribution in [0.4, 0.5) is 0 Å². The van der Waals surface area contributed by atoms with E-state index < -0.39 is 0 Å². The molecule has 0 aliphatic carbocycles. The molecule has 0 saturated carbocycles. The van der Waals surface area contributed by atoms with Gasteiger partial charge < -0.3 is 14.4 Å². The molecule has 0 N–H and O–H groups in total. The molecule has 1 saturated heterocycles. The zero-order valence-electron chi connectivity index (χ0n) is 15.8. The number of nitrogens with zero attached hydrogens (tertiary/aromatic N) is 1. The van der Waals surface area contributed by atoms with Crippen LogP contribution >= 0.6 is 0 Å². The van der Waals surface area contributed by atoms with Gasteiger partial charge >= 0.3 is 0 Å². The summed E-state index contributed by atoms with van der Waals surface area (Å²) in [6, 6.07) is 18.0. The van der Waals surface area contributed by atoms with Crippen molar-refractivity contribution < 1.29 is 14.3 Å². The summed E-state index contributed by atoms with van der Waals surface area (Å²) in [5.74, 6) is 0.716. The third-order valence-corrected chi connectivity index (χ3v) is 4.78. The fraction of sp³-hybridized carbons (Fsp3) is 0.409. The van der Waals surface area contributed by atoms with Crippen LogP contribution < -0.4 is 4.74 Å². The Kier molecular flexibility index (Phi) is 5.62. The smallest absolute Gasteiger partial charge is 0.261 e. The molecule has 26 heavy (non-hydrogen) atoms. The molecule has 1 unspecified atom stereocenters. The lowest BCUT2D eigenvalue weighted by molar-refractivity contribution is -0.156. The van der Waals surface area contributed by atoms with Gasteiger partial charge in [0.2, 0.25) is 0 Å². The molecule has 0 spiro atoms. The lowest BCUT2D eigenvalue weighted by Gasteiger charge is -2.45. The summed E-state index contributed by atoms with van der Waals surface area (Å²) < 4.78 is 11.7. The van der Waals surface area contributed by atoms with Crippen LogP contribution in [-0.4, -0.2) is 42.2 Å². The Morgan fingerprint density at radius 3 is 2.54 bits per heavy atom. The van der Waals surface area contributed by atoms with Gasteiger partial charge in [-0.3, -0.25) is 4.79 Å². The Balaban J connectivity index is 1.61. The molecule has 0 bridgehead atoms. The molecular weight excluding hydrogens is 326 g/mol. The van der Waals surface area contributed by atoms with Crippen LogP contribution in [0.5, 0.6) is 5.75 Å². The van der Waals surface area contributed by atoms with E-state index in [1.54, 1.807) is 0 Å². The maximum Gasteiger partial charge on any atom is 0.261 e. The summed E-state index contributed by atoms with van der Waals surface area (Å²) in [4.78, 5) is 14.7. The lowest BCUT2D eigenvalue weighted by Crippen LogP contribution is -2.59. The van der Waals surface area contributed by atoms with Gasteiger partial charge in [0.15, 0.2) is 6.61 Å². The van der Waals surface area contributed by atoms with Crippen LogP contribution in [0.3, 0.4) is 0 Å². The van der Waals surface area contributed by atoms with Crippen LogP contribution in [-0.2, 0) is 16.0 Å². The normalized spacial score (nSPS) is 19.2. The van der Waals surface area contributed by atoms with Crippen LogP contribution in [0, 0.1) is 6.92 Å². The molecule has 1 aliphatic rings. The van der Waals surface area contributed by atoms with E-state index in [4.69, 9.17) is 9.47 Å². The van der Waals surface area contributed by atoms with Gasteiger partial charge in [-0.15, -0.1) is 0 Å². The van der Waals surface area contributed by atoms with E-state index in [0.717, 1.165) is 12.2 Å². The highest BCUT2D eigenvalue weighted by Crippen LogP contribution is 2.24. The van der Waals surface area contributed by atoms with Gasteiger partial charge in [-0.1, -0.05) is 48.0 Å². The summed E-state index contributed by atoms with van der Waals surface area (Å²) in [6.45, 7) is 7.26. The van der Waals surface area contributed by atoms with Crippen molar-refractivity contribution in [3.63, 3.8) is 0 Å². The molecular formula is C22H27NO3. The van der Waals surface area contributed by atoms with Gasteiger partial charge in [0.25, 0.3) is 5.91 Å². The maximum absolute atomic E-state index is 12.8. The molecule has 4 nitrogen and oxygen atoms in total. The number of ether oxygens (including phenoxy) is 2. The van der Waals surface area contributed by atoms with Crippen molar-refractivity contribution in [3.8, 4) is 5.75 Å². The first-order valence-electron chi connectivity index (χ1n) is 9.09. The van der Waals surface area contributed by atoms with Crippen molar-refractivity contribution in [1.29, 1.82) is 0 Å². The second-order valence-corrected chi connectivity index (χ2v) is 7.54. The molecule has 3 rings (SSSR count). The first-order chi connectivity index (χ1) is 12.4. The standard InChI is InChI=1S/C22H27NO3/c1-17-9-11-19(12-10-17)25-15-21(24)23-14-20(26-16-22(23,2)3)13-18-7-5-4-6-8-18/h4-12,20H,13-16H2,1-3H3. The Hall–Kier alpha value is -2.33. The second kappa shape index (κ2) is 7.92. The average molecular weight is 353 g/mol. The summed E-state index contributed by atoms with van der Waals surface area (Å²) in [5, 5.41) is 0. The van der Waals surface area contributed by atoms with E-state index in [2.05, 4.69) is 12.1 Å². The molecule has 1 heterocycles. The monoisotopic (exact) mass is 353 g/mol. The first-order valence-corrected chi connectivity index (χ1v) is 9.09. The lowest BCUT2D eigenvalue weighted by atomic mass is 9.98. The zero-order valence-corrected chi connectivity index (χ0v) is 15.8. The Bertz CT molecular complexity index is 725. The molecule has 4 heteroatoms. The molecule has 0 radical (unpaired) electrons. The minimum absolute atomic E-state index is 0.00284. The Labute approximate surface area is 155 Å². The number of carbonyl (C=O) groups excluding carboxylic acids is 1. The number of hydrogen-bond donors (Lipinski definition) is 0. The van der Waals surface area contributed by atoms with Gasteiger partial charge in [-0.05, 0) is 38.5 Å². The largest absolute Gasteiger partial charge is 0.484 e. The highest BCUT2D eigenvalue weighted by molar-refractivity contribution is 5.78. The predicted octanol–water partition coefficient (Wildman–Crippen LogP) is 3.62. The van der Waals surface area contributed by atoms with E-state index >= 15 is 0 Å². The van der Waals surface area contributed by atoms with Crippen molar-refractivity contribution >= 4 is 5.91 Å². The average Bonchev–Trinajstić information content (AvgIpc) is 2.63. The number of benzene rings is 2. The van der Waals surface area contributed by atoms with Crippen molar-refractivity contribution in [1.82, 2.24) is 4.90 Å². The second-order valence-electron chi connectivity index (χ2n) is 7.54. The molecule has 2 aromatic rings. The van der Waals surface area contributed by atoms with Gasteiger partial charge in [0, 0.05) is 13.0 Å². The fourth-order valence-corrected chi connectivity index (χ4v) is 3.20. The van der Waals surface area contributed by atoms with Crippen molar-refractivity contribution in [2.75, 3.05) is 19.8 Å². The summed E-state index contributed by atoms with van der Waals surface area (Å²) in [5.41, 5.74) is 2.06. The Morgan fingerprint density at radius 2 is 1.85 bits per heavy atom. The SMILES string of the molecule is Cc1ccc(OCC(=O)N2CC(Cc3ccccc3)OCC2(C)C)cc1. The number of morpholine rings is 1. The number of rotatable bonds is 5. The highest BCUT2D eigenvalue weighted by Gasteiger charge is 2.38. The van der Waals surface area contributed by atoms with Gasteiger partial charge in [-0.2, -0.15) is 0 Å². The van der Waals surface area contributed by atoms with Crippen LogP contribution in [0.25, 0.3) is 0 Å². The third-order valence-electron chi connectivity index (χ3n) is 4.78. The van der Waals surface area contributed by atoms with E-state index in [0.29, 0.717) is 13.2 Å². The predicted molar refractivity (Wildman–Crippen MR) is 102 cm³/mol. The van der Waals surface area contributed by atoms with Crippen molar-refractivity contribution in [2.24, 2.45) is 0 Å². The molecule has 1 aliphatic heterocycles. The fourth-order valence-electron chi connectivity index (χ4n) is 3.20.